The summed E-state index contributed by atoms with van der Waals surface area (Å²) in [6, 6.07) is 10.8. The molecule has 6 heteroatoms. The molecule has 2 N–H and O–H groups in total. The number of carbonyl (C=O) groups excluding carboxylic acids is 1. The molecule has 2 atom stereocenters. The third-order valence-electron chi connectivity index (χ3n) is 4.40. The number of hydrogen-bond acceptors (Lipinski definition) is 3. The van der Waals surface area contributed by atoms with Crippen LogP contribution < -0.4 is 5.73 Å². The summed E-state index contributed by atoms with van der Waals surface area (Å²) in [6.45, 7) is 5.35. The monoisotopic (exact) mass is 361 g/mol. The molecule has 1 heterocycles. The minimum absolute atomic E-state index is 0. The Bertz CT molecular complexity index is 458. The van der Waals surface area contributed by atoms with Gasteiger partial charge < -0.3 is 10.6 Å². The summed E-state index contributed by atoms with van der Waals surface area (Å²) in [7, 11) is 1.92. The summed E-state index contributed by atoms with van der Waals surface area (Å²) in [6.07, 6.45) is 2.23. The minimum atomic E-state index is -0.0838. The molecule has 1 aromatic rings. The highest BCUT2D eigenvalue weighted by molar-refractivity contribution is 5.85. The van der Waals surface area contributed by atoms with E-state index in [0.717, 1.165) is 32.5 Å². The zero-order chi connectivity index (χ0) is 15.2. The fourth-order valence-corrected chi connectivity index (χ4v) is 2.96. The van der Waals surface area contributed by atoms with Crippen molar-refractivity contribution in [2.75, 3.05) is 26.7 Å². The lowest BCUT2D eigenvalue weighted by Crippen LogP contribution is -2.50. The number of nitrogens with two attached hydrogens (primary N) is 1. The predicted octanol–water partition coefficient (Wildman–Crippen LogP) is 2.55. The van der Waals surface area contributed by atoms with Crippen LogP contribution in [0.25, 0.3) is 0 Å². The Kier molecular flexibility index (Phi) is 10.5. The number of rotatable bonds is 5. The Hall–Kier alpha value is -0.810. The first-order valence-electron chi connectivity index (χ1n) is 7.85. The van der Waals surface area contributed by atoms with Gasteiger partial charge in [0.1, 0.15) is 0 Å². The van der Waals surface area contributed by atoms with Crippen LogP contribution in [0, 0.1) is 5.92 Å². The van der Waals surface area contributed by atoms with Crippen molar-refractivity contribution >= 4 is 30.7 Å². The summed E-state index contributed by atoms with van der Waals surface area (Å²) in [5, 5.41) is 0. The third kappa shape index (κ3) is 6.30. The van der Waals surface area contributed by atoms with Gasteiger partial charge in [-0.25, -0.2) is 0 Å². The van der Waals surface area contributed by atoms with Crippen molar-refractivity contribution in [1.82, 2.24) is 9.80 Å². The summed E-state index contributed by atoms with van der Waals surface area (Å²) >= 11 is 0. The van der Waals surface area contributed by atoms with Crippen molar-refractivity contribution in [2.45, 2.75) is 32.4 Å². The lowest BCUT2D eigenvalue weighted by molar-refractivity contribution is -0.136. The van der Waals surface area contributed by atoms with Gasteiger partial charge in [-0.3, -0.25) is 9.69 Å². The zero-order valence-electron chi connectivity index (χ0n) is 14.0. The standard InChI is InChI=1S/C17H27N3O.2ClH/c1-14(11-18)17(21)19(2)16-9-6-10-20(13-16)12-15-7-4-3-5-8-15;;/h3-5,7-8,14,16H,6,9-13,18H2,1-2H3;2*1H. The van der Waals surface area contributed by atoms with E-state index in [0.29, 0.717) is 12.6 Å². The van der Waals surface area contributed by atoms with Crippen molar-refractivity contribution in [3.63, 3.8) is 0 Å². The highest BCUT2D eigenvalue weighted by Gasteiger charge is 2.27. The molecule has 0 radical (unpaired) electrons. The zero-order valence-corrected chi connectivity index (χ0v) is 15.6. The van der Waals surface area contributed by atoms with Crippen LogP contribution in [-0.2, 0) is 11.3 Å². The molecule has 4 nitrogen and oxygen atoms in total. The van der Waals surface area contributed by atoms with Crippen molar-refractivity contribution in [1.29, 1.82) is 0 Å². The highest BCUT2D eigenvalue weighted by Crippen LogP contribution is 2.18. The van der Waals surface area contributed by atoms with E-state index in [-0.39, 0.29) is 36.6 Å². The number of piperidine rings is 1. The first-order valence-corrected chi connectivity index (χ1v) is 7.85. The smallest absolute Gasteiger partial charge is 0.226 e. The first kappa shape index (κ1) is 22.2. The minimum Gasteiger partial charge on any atom is -0.341 e. The molecule has 0 spiro atoms. The fraction of sp³-hybridized carbons (Fsp3) is 0.588. The molecule has 0 aliphatic carbocycles. The highest BCUT2D eigenvalue weighted by atomic mass is 35.5. The Morgan fingerprint density at radius 2 is 2.00 bits per heavy atom. The summed E-state index contributed by atoms with van der Waals surface area (Å²) in [5.74, 6) is 0.0866. The molecule has 0 saturated carbocycles. The SMILES string of the molecule is CC(CN)C(=O)N(C)C1CCCN(Cc2ccccc2)C1.Cl.Cl. The lowest BCUT2D eigenvalue weighted by atomic mass is 10.0. The predicted molar refractivity (Wildman–Crippen MR) is 100 cm³/mol. The van der Waals surface area contributed by atoms with E-state index in [4.69, 9.17) is 5.73 Å². The van der Waals surface area contributed by atoms with Gasteiger partial charge in [0.2, 0.25) is 5.91 Å². The van der Waals surface area contributed by atoms with Gasteiger partial charge in [-0.15, -0.1) is 24.8 Å². The number of amides is 1. The Balaban J connectivity index is 0.00000242. The van der Waals surface area contributed by atoms with Gasteiger partial charge in [0, 0.05) is 38.6 Å². The number of likely N-dealkylation sites (N-methyl/N-ethyl adjacent to an activating group) is 1. The average Bonchev–Trinajstić information content (AvgIpc) is 2.54. The van der Waals surface area contributed by atoms with Gasteiger partial charge in [0.15, 0.2) is 0 Å². The van der Waals surface area contributed by atoms with Crippen LogP contribution in [0.2, 0.25) is 0 Å². The van der Waals surface area contributed by atoms with Crippen molar-refractivity contribution in [3.05, 3.63) is 35.9 Å². The van der Waals surface area contributed by atoms with Crippen LogP contribution in [0.4, 0.5) is 0 Å². The molecule has 1 aromatic carbocycles. The molecule has 23 heavy (non-hydrogen) atoms. The van der Waals surface area contributed by atoms with E-state index < -0.39 is 0 Å². The van der Waals surface area contributed by atoms with E-state index >= 15 is 0 Å². The van der Waals surface area contributed by atoms with Gasteiger partial charge in [-0.05, 0) is 24.9 Å². The van der Waals surface area contributed by atoms with Crippen LogP contribution >= 0.6 is 24.8 Å². The normalized spacial score (nSPS) is 19.2. The first-order chi connectivity index (χ1) is 10.1. The quantitative estimate of drug-likeness (QED) is 0.876. The molecular formula is C17H29Cl2N3O. The van der Waals surface area contributed by atoms with Crippen LogP contribution in [0.3, 0.4) is 0 Å². The van der Waals surface area contributed by atoms with E-state index in [1.165, 1.54) is 5.56 Å². The molecule has 0 aromatic heterocycles. The molecular weight excluding hydrogens is 333 g/mol. The van der Waals surface area contributed by atoms with Gasteiger partial charge >= 0.3 is 0 Å². The Labute approximate surface area is 152 Å². The Morgan fingerprint density at radius 1 is 1.35 bits per heavy atom. The van der Waals surface area contributed by atoms with Crippen molar-refractivity contribution in [2.24, 2.45) is 11.7 Å². The van der Waals surface area contributed by atoms with Crippen molar-refractivity contribution < 1.29 is 4.79 Å². The van der Waals surface area contributed by atoms with Gasteiger partial charge in [-0.2, -0.15) is 0 Å². The molecule has 0 bridgehead atoms. The van der Waals surface area contributed by atoms with E-state index in [2.05, 4.69) is 29.2 Å². The second kappa shape index (κ2) is 10.9. The lowest BCUT2D eigenvalue weighted by Gasteiger charge is -2.38. The molecule has 1 amide bonds. The number of halogens is 2. The van der Waals surface area contributed by atoms with Gasteiger partial charge in [0.05, 0.1) is 0 Å². The second-order valence-electron chi connectivity index (χ2n) is 6.10. The largest absolute Gasteiger partial charge is 0.341 e. The number of likely N-dealkylation sites (tertiary alicyclic amines) is 1. The number of hydrogen-bond donors (Lipinski definition) is 1. The second-order valence-corrected chi connectivity index (χ2v) is 6.10. The van der Waals surface area contributed by atoms with E-state index in [1.54, 1.807) is 0 Å². The summed E-state index contributed by atoms with van der Waals surface area (Å²) in [4.78, 5) is 16.6. The maximum absolute atomic E-state index is 12.3. The fourth-order valence-electron chi connectivity index (χ4n) is 2.96. The van der Waals surface area contributed by atoms with Gasteiger partial charge in [-0.1, -0.05) is 37.3 Å². The summed E-state index contributed by atoms with van der Waals surface area (Å²) in [5.41, 5.74) is 6.95. The van der Waals surface area contributed by atoms with E-state index in [9.17, 15) is 4.79 Å². The van der Waals surface area contributed by atoms with Crippen LogP contribution in [0.1, 0.15) is 25.3 Å². The maximum Gasteiger partial charge on any atom is 0.226 e. The molecule has 1 aliphatic heterocycles. The average molecular weight is 362 g/mol. The van der Waals surface area contributed by atoms with Crippen LogP contribution in [0.15, 0.2) is 30.3 Å². The summed E-state index contributed by atoms with van der Waals surface area (Å²) < 4.78 is 0. The third-order valence-corrected chi connectivity index (χ3v) is 4.40. The van der Waals surface area contributed by atoms with E-state index in [1.807, 2.05) is 24.9 Å². The molecule has 2 rings (SSSR count). The number of benzene rings is 1. The maximum atomic E-state index is 12.3. The molecule has 132 valence electrons. The topological polar surface area (TPSA) is 49.6 Å². The molecule has 1 aliphatic rings. The van der Waals surface area contributed by atoms with Gasteiger partial charge in [0.25, 0.3) is 0 Å². The number of carbonyl (C=O) groups is 1. The molecule has 1 fully saturated rings. The number of nitrogens with zero attached hydrogens (tertiary/aromatic N) is 2. The van der Waals surface area contributed by atoms with Crippen molar-refractivity contribution in [3.8, 4) is 0 Å². The van der Waals surface area contributed by atoms with Crippen LogP contribution in [0.5, 0.6) is 0 Å². The molecule has 1 saturated heterocycles. The Morgan fingerprint density at radius 3 is 2.61 bits per heavy atom. The van der Waals surface area contributed by atoms with Crippen LogP contribution in [-0.4, -0.2) is 48.4 Å². The molecule has 2 unspecified atom stereocenters.